The standard InChI is InChI=1S/C16H27N3O3/c1-21-11-15-17-16(22-18-15)14-9-19(8-12(14)10-20)13-6-4-2-3-5-7-13/h12-14,20H,2-11H2,1H3/t12-,14+/m0/s1. The van der Waals surface area contributed by atoms with Crippen molar-refractivity contribution >= 4 is 0 Å². The molecule has 2 aliphatic rings. The Bertz CT molecular complexity index is 457. The highest BCUT2D eigenvalue weighted by atomic mass is 16.5. The molecule has 6 heteroatoms. The van der Waals surface area contributed by atoms with Gasteiger partial charge in [-0.3, -0.25) is 4.90 Å². The van der Waals surface area contributed by atoms with Crippen molar-refractivity contribution in [3.05, 3.63) is 11.7 Å². The molecule has 0 amide bonds. The van der Waals surface area contributed by atoms with Gasteiger partial charge in [0.05, 0.1) is 5.92 Å². The Morgan fingerprint density at radius 3 is 2.68 bits per heavy atom. The molecule has 2 atom stereocenters. The van der Waals surface area contributed by atoms with E-state index in [1.165, 1.54) is 38.5 Å². The summed E-state index contributed by atoms with van der Waals surface area (Å²) in [5, 5.41) is 13.7. The van der Waals surface area contributed by atoms with Gasteiger partial charge in [-0.05, 0) is 12.8 Å². The minimum atomic E-state index is 0.145. The molecule has 2 fully saturated rings. The molecule has 0 spiro atoms. The highest BCUT2D eigenvalue weighted by Gasteiger charge is 2.39. The largest absolute Gasteiger partial charge is 0.396 e. The number of likely N-dealkylation sites (tertiary alicyclic amines) is 1. The number of methoxy groups -OCH3 is 1. The highest BCUT2D eigenvalue weighted by Crippen LogP contribution is 2.35. The molecule has 3 rings (SSSR count). The first-order valence-electron chi connectivity index (χ1n) is 8.48. The number of hydrogen-bond donors (Lipinski definition) is 1. The van der Waals surface area contributed by atoms with Crippen molar-refractivity contribution in [2.45, 2.75) is 57.1 Å². The maximum absolute atomic E-state index is 9.74. The zero-order valence-electron chi connectivity index (χ0n) is 13.4. The van der Waals surface area contributed by atoms with Gasteiger partial charge in [0.1, 0.15) is 6.61 Å². The summed E-state index contributed by atoms with van der Waals surface area (Å²) in [6.07, 6.45) is 7.94. The van der Waals surface area contributed by atoms with Crippen LogP contribution in [0.15, 0.2) is 4.52 Å². The van der Waals surface area contributed by atoms with Crippen molar-refractivity contribution in [2.24, 2.45) is 5.92 Å². The van der Waals surface area contributed by atoms with E-state index >= 15 is 0 Å². The predicted octanol–water partition coefficient (Wildman–Crippen LogP) is 1.95. The average Bonchev–Trinajstić information content (AvgIpc) is 3.07. The van der Waals surface area contributed by atoms with Crippen LogP contribution in [0.5, 0.6) is 0 Å². The SMILES string of the molecule is COCc1noc([C@@H]2CN(C3CCCCCC3)C[C@H]2CO)n1. The highest BCUT2D eigenvalue weighted by molar-refractivity contribution is 5.03. The van der Waals surface area contributed by atoms with E-state index in [1.54, 1.807) is 7.11 Å². The van der Waals surface area contributed by atoms with Crippen LogP contribution in [0.4, 0.5) is 0 Å². The van der Waals surface area contributed by atoms with Crippen LogP contribution < -0.4 is 0 Å². The summed E-state index contributed by atoms with van der Waals surface area (Å²) < 4.78 is 10.5. The van der Waals surface area contributed by atoms with Gasteiger partial charge in [0.25, 0.3) is 0 Å². The fraction of sp³-hybridized carbons (Fsp3) is 0.875. The molecule has 124 valence electrons. The molecule has 0 radical (unpaired) electrons. The number of aliphatic hydroxyl groups is 1. The molecule has 0 unspecified atom stereocenters. The van der Waals surface area contributed by atoms with Gasteiger partial charge in [-0.15, -0.1) is 0 Å². The second-order valence-corrected chi connectivity index (χ2v) is 6.63. The van der Waals surface area contributed by atoms with E-state index in [0.717, 1.165) is 13.1 Å². The Balaban J connectivity index is 1.68. The molecule has 1 saturated heterocycles. The maximum Gasteiger partial charge on any atom is 0.231 e. The van der Waals surface area contributed by atoms with Gasteiger partial charge < -0.3 is 14.4 Å². The van der Waals surface area contributed by atoms with Crippen LogP contribution in [0.25, 0.3) is 0 Å². The first kappa shape index (κ1) is 15.9. The van der Waals surface area contributed by atoms with Gasteiger partial charge >= 0.3 is 0 Å². The number of rotatable bonds is 5. The Hall–Kier alpha value is -0.980. The lowest BCUT2D eigenvalue weighted by Crippen LogP contribution is -2.33. The first-order valence-corrected chi connectivity index (χ1v) is 8.48. The van der Waals surface area contributed by atoms with Crippen LogP contribution in [0, 0.1) is 5.92 Å². The summed E-state index contributed by atoms with van der Waals surface area (Å²) >= 11 is 0. The van der Waals surface area contributed by atoms with Crippen molar-refractivity contribution < 1.29 is 14.4 Å². The number of aliphatic hydroxyl groups excluding tert-OH is 1. The summed E-state index contributed by atoms with van der Waals surface area (Å²) in [7, 11) is 1.62. The Kier molecular flexibility index (Phi) is 5.44. The van der Waals surface area contributed by atoms with E-state index in [1.807, 2.05) is 0 Å². The van der Waals surface area contributed by atoms with Crippen LogP contribution in [0.3, 0.4) is 0 Å². The van der Waals surface area contributed by atoms with E-state index in [4.69, 9.17) is 9.26 Å². The lowest BCUT2D eigenvalue weighted by Gasteiger charge is -2.26. The fourth-order valence-corrected chi connectivity index (χ4v) is 3.90. The van der Waals surface area contributed by atoms with Crippen molar-refractivity contribution in [3.63, 3.8) is 0 Å². The summed E-state index contributed by atoms with van der Waals surface area (Å²) in [6, 6.07) is 0.655. The van der Waals surface area contributed by atoms with E-state index in [9.17, 15) is 5.11 Å². The molecule has 6 nitrogen and oxygen atoms in total. The Morgan fingerprint density at radius 1 is 1.23 bits per heavy atom. The van der Waals surface area contributed by atoms with Crippen molar-refractivity contribution in [2.75, 3.05) is 26.8 Å². The molecule has 0 aromatic carbocycles. The first-order chi connectivity index (χ1) is 10.8. The molecule has 2 heterocycles. The van der Waals surface area contributed by atoms with Crippen LogP contribution in [0.2, 0.25) is 0 Å². The lowest BCUT2D eigenvalue weighted by atomic mass is 9.97. The van der Waals surface area contributed by atoms with Crippen LogP contribution in [-0.4, -0.2) is 53.0 Å². The van der Waals surface area contributed by atoms with Crippen LogP contribution in [-0.2, 0) is 11.3 Å². The van der Waals surface area contributed by atoms with Crippen molar-refractivity contribution in [3.8, 4) is 0 Å². The molecule has 1 saturated carbocycles. The maximum atomic E-state index is 9.74. The van der Waals surface area contributed by atoms with E-state index in [2.05, 4.69) is 15.0 Å². The minimum absolute atomic E-state index is 0.145. The van der Waals surface area contributed by atoms with Crippen LogP contribution in [0.1, 0.15) is 56.2 Å². The van der Waals surface area contributed by atoms with E-state index in [-0.39, 0.29) is 18.4 Å². The molecule has 22 heavy (non-hydrogen) atoms. The zero-order valence-corrected chi connectivity index (χ0v) is 13.4. The third kappa shape index (κ3) is 3.50. The molecular formula is C16H27N3O3. The van der Waals surface area contributed by atoms with Crippen molar-refractivity contribution in [1.29, 1.82) is 0 Å². The predicted molar refractivity (Wildman–Crippen MR) is 81.4 cm³/mol. The molecule has 0 bridgehead atoms. The average molecular weight is 309 g/mol. The van der Waals surface area contributed by atoms with Crippen LogP contribution >= 0.6 is 0 Å². The third-order valence-electron chi connectivity index (χ3n) is 5.12. The zero-order chi connectivity index (χ0) is 15.4. The van der Waals surface area contributed by atoms with Gasteiger partial charge in [-0.25, -0.2) is 0 Å². The summed E-state index contributed by atoms with van der Waals surface area (Å²) in [5.41, 5.74) is 0. The number of nitrogens with zero attached hydrogens (tertiary/aromatic N) is 3. The quantitative estimate of drug-likeness (QED) is 0.838. The van der Waals surface area contributed by atoms with E-state index < -0.39 is 0 Å². The molecule has 1 aromatic heterocycles. The second kappa shape index (κ2) is 7.53. The smallest absolute Gasteiger partial charge is 0.231 e. The Morgan fingerprint density at radius 2 is 2.00 bits per heavy atom. The minimum Gasteiger partial charge on any atom is -0.396 e. The number of ether oxygens (including phenoxy) is 1. The van der Waals surface area contributed by atoms with Gasteiger partial charge in [-0.2, -0.15) is 4.98 Å². The number of hydrogen-bond acceptors (Lipinski definition) is 6. The molecule has 1 aliphatic heterocycles. The normalized spacial score (nSPS) is 28.1. The molecule has 1 N–H and O–H groups in total. The van der Waals surface area contributed by atoms with Gasteiger partial charge in [0.2, 0.25) is 5.89 Å². The Labute approximate surface area is 131 Å². The summed E-state index contributed by atoms with van der Waals surface area (Å²) in [4.78, 5) is 6.98. The topological polar surface area (TPSA) is 71.6 Å². The lowest BCUT2D eigenvalue weighted by molar-refractivity contribution is 0.174. The van der Waals surface area contributed by atoms with Gasteiger partial charge in [-0.1, -0.05) is 30.8 Å². The second-order valence-electron chi connectivity index (χ2n) is 6.63. The molecule has 1 aliphatic carbocycles. The monoisotopic (exact) mass is 309 g/mol. The van der Waals surface area contributed by atoms with Gasteiger partial charge in [0, 0.05) is 38.8 Å². The molecular weight excluding hydrogens is 282 g/mol. The third-order valence-corrected chi connectivity index (χ3v) is 5.12. The summed E-state index contributed by atoms with van der Waals surface area (Å²) in [6.45, 7) is 2.40. The molecule has 1 aromatic rings. The van der Waals surface area contributed by atoms with Crippen molar-refractivity contribution in [1.82, 2.24) is 15.0 Å². The summed E-state index contributed by atoms with van der Waals surface area (Å²) in [5.74, 6) is 1.58. The number of aromatic nitrogens is 2. The van der Waals surface area contributed by atoms with Gasteiger partial charge in [0.15, 0.2) is 5.82 Å². The van der Waals surface area contributed by atoms with E-state index in [0.29, 0.717) is 24.4 Å². The fourth-order valence-electron chi connectivity index (χ4n) is 3.90.